The maximum Gasteiger partial charge on any atom is 0.332 e. The molecular weight excluding hydrogens is 374 g/mol. The topological polar surface area (TPSA) is 74.1 Å². The average Bonchev–Trinajstić information content (AvgIpc) is 2.60. The van der Waals surface area contributed by atoms with Crippen LogP contribution in [-0.2, 0) is 16.3 Å². The zero-order chi connectivity index (χ0) is 16.9. The molecule has 6 nitrogen and oxygen atoms in total. The Balaban J connectivity index is 1.68. The zero-order valence-corrected chi connectivity index (χ0v) is 14.0. The highest BCUT2D eigenvalue weighted by atomic mass is 79.9. The Bertz CT molecular complexity index is 982. The molecular formula is C17H12BrN3O3. The number of ether oxygens (including phenoxy) is 1. The minimum atomic E-state index is -0.572. The number of hydrogen-bond acceptors (Lipinski definition) is 5. The molecule has 1 heterocycles. The summed E-state index contributed by atoms with van der Waals surface area (Å²) in [7, 11) is 0. The van der Waals surface area contributed by atoms with Gasteiger partial charge in [0.05, 0.1) is 5.39 Å². The van der Waals surface area contributed by atoms with E-state index in [-0.39, 0.29) is 12.3 Å². The van der Waals surface area contributed by atoms with Gasteiger partial charge in [0.15, 0.2) is 6.73 Å². The molecule has 24 heavy (non-hydrogen) atoms. The van der Waals surface area contributed by atoms with Crippen LogP contribution in [0.1, 0.15) is 5.56 Å². The Labute approximate surface area is 145 Å². The molecule has 0 N–H and O–H groups in total. The summed E-state index contributed by atoms with van der Waals surface area (Å²) in [5.41, 5.74) is 0.994. The van der Waals surface area contributed by atoms with Crippen LogP contribution in [0.5, 0.6) is 0 Å². The molecule has 0 unspecified atom stereocenters. The van der Waals surface area contributed by atoms with Crippen LogP contribution >= 0.6 is 15.9 Å². The molecule has 1 aromatic heterocycles. The van der Waals surface area contributed by atoms with Crippen molar-refractivity contribution in [2.45, 2.75) is 6.73 Å². The maximum absolute atomic E-state index is 12.2. The lowest BCUT2D eigenvalue weighted by atomic mass is 10.2. The van der Waals surface area contributed by atoms with E-state index in [0.29, 0.717) is 10.9 Å². The second-order valence-corrected chi connectivity index (χ2v) is 5.81. The van der Waals surface area contributed by atoms with Gasteiger partial charge in [-0.05, 0) is 35.9 Å². The van der Waals surface area contributed by atoms with Gasteiger partial charge in [0.1, 0.15) is 5.52 Å². The van der Waals surface area contributed by atoms with E-state index in [1.807, 2.05) is 24.3 Å². The van der Waals surface area contributed by atoms with Crippen LogP contribution in [0.4, 0.5) is 0 Å². The van der Waals surface area contributed by atoms with Crippen molar-refractivity contribution < 1.29 is 9.53 Å². The minimum absolute atomic E-state index is 0.293. The first-order valence-corrected chi connectivity index (χ1v) is 7.86. The lowest BCUT2D eigenvalue weighted by molar-refractivity contribution is -0.141. The quantitative estimate of drug-likeness (QED) is 0.509. The largest absolute Gasteiger partial charge is 0.439 e. The van der Waals surface area contributed by atoms with Gasteiger partial charge in [-0.1, -0.05) is 45.4 Å². The number of carbonyl (C=O) groups excluding carboxylic acids is 1. The number of carbonyl (C=O) groups is 1. The summed E-state index contributed by atoms with van der Waals surface area (Å²) in [6.45, 7) is -0.293. The Kier molecular flexibility index (Phi) is 4.81. The highest BCUT2D eigenvalue weighted by Gasteiger charge is 2.06. The molecule has 0 fully saturated rings. The first-order chi connectivity index (χ1) is 11.6. The van der Waals surface area contributed by atoms with Gasteiger partial charge in [-0.15, -0.1) is 5.10 Å². The second kappa shape index (κ2) is 7.18. The summed E-state index contributed by atoms with van der Waals surface area (Å²) >= 11 is 3.35. The van der Waals surface area contributed by atoms with Crippen molar-refractivity contribution in [1.29, 1.82) is 0 Å². The van der Waals surface area contributed by atoms with E-state index in [2.05, 4.69) is 26.2 Å². The predicted octanol–water partition coefficient (Wildman–Crippen LogP) is 2.77. The van der Waals surface area contributed by atoms with Gasteiger partial charge in [-0.3, -0.25) is 4.79 Å². The van der Waals surface area contributed by atoms with E-state index in [9.17, 15) is 9.59 Å². The van der Waals surface area contributed by atoms with Crippen molar-refractivity contribution >= 4 is 38.9 Å². The lowest BCUT2D eigenvalue weighted by Gasteiger charge is -2.04. The number of fused-ring (bicyclic) bond motifs is 1. The van der Waals surface area contributed by atoms with Gasteiger partial charge >= 0.3 is 5.97 Å². The monoisotopic (exact) mass is 385 g/mol. The van der Waals surface area contributed by atoms with Gasteiger partial charge in [0.2, 0.25) is 0 Å². The number of halogens is 1. The van der Waals surface area contributed by atoms with Crippen LogP contribution < -0.4 is 5.56 Å². The molecule has 0 atom stereocenters. The number of hydrogen-bond donors (Lipinski definition) is 0. The van der Waals surface area contributed by atoms with Crippen LogP contribution in [-0.4, -0.2) is 21.0 Å². The van der Waals surface area contributed by atoms with E-state index in [1.165, 1.54) is 6.08 Å². The number of esters is 1. The fourth-order valence-electron chi connectivity index (χ4n) is 2.06. The first kappa shape index (κ1) is 16.1. The molecule has 120 valence electrons. The van der Waals surface area contributed by atoms with Crippen molar-refractivity contribution in [2.24, 2.45) is 0 Å². The number of rotatable bonds is 4. The number of benzene rings is 2. The van der Waals surface area contributed by atoms with Crippen LogP contribution in [0.15, 0.2) is 63.9 Å². The Morgan fingerprint density at radius 3 is 2.88 bits per heavy atom. The molecule has 0 saturated heterocycles. The molecule has 7 heteroatoms. The molecule has 0 aliphatic carbocycles. The predicted molar refractivity (Wildman–Crippen MR) is 93.1 cm³/mol. The summed E-state index contributed by atoms with van der Waals surface area (Å²) in [4.78, 5) is 24.0. The van der Waals surface area contributed by atoms with Crippen molar-refractivity contribution in [3.63, 3.8) is 0 Å². The third-order valence-electron chi connectivity index (χ3n) is 3.22. The summed E-state index contributed by atoms with van der Waals surface area (Å²) in [6, 6.07) is 14.3. The minimum Gasteiger partial charge on any atom is -0.439 e. The third-order valence-corrected chi connectivity index (χ3v) is 3.71. The summed E-state index contributed by atoms with van der Waals surface area (Å²) in [5, 5.41) is 8.10. The van der Waals surface area contributed by atoms with Crippen LogP contribution in [0.25, 0.3) is 17.0 Å². The lowest BCUT2D eigenvalue weighted by Crippen LogP contribution is -2.26. The van der Waals surface area contributed by atoms with Gasteiger partial charge in [-0.25, -0.2) is 4.79 Å². The second-order valence-electron chi connectivity index (χ2n) is 4.89. The average molecular weight is 386 g/mol. The van der Waals surface area contributed by atoms with E-state index in [0.717, 1.165) is 14.7 Å². The normalized spacial score (nSPS) is 11.0. The van der Waals surface area contributed by atoms with Crippen LogP contribution in [0, 0.1) is 0 Å². The standard InChI is InChI=1S/C17H12BrN3O3/c18-13-5-3-4-12(10-13)8-9-16(22)24-11-21-17(23)14-6-1-2-7-15(14)19-20-21/h1-10H,11H2. The summed E-state index contributed by atoms with van der Waals surface area (Å²) < 4.78 is 6.95. The smallest absolute Gasteiger partial charge is 0.332 e. The fourth-order valence-corrected chi connectivity index (χ4v) is 2.47. The molecule has 0 amide bonds. The number of aromatic nitrogens is 3. The molecule has 0 radical (unpaired) electrons. The van der Waals surface area contributed by atoms with E-state index in [1.54, 1.807) is 30.3 Å². The van der Waals surface area contributed by atoms with Crippen LogP contribution in [0.2, 0.25) is 0 Å². The molecule has 0 saturated carbocycles. The summed E-state index contributed by atoms with van der Waals surface area (Å²) in [6.07, 6.45) is 2.92. The highest BCUT2D eigenvalue weighted by molar-refractivity contribution is 9.10. The van der Waals surface area contributed by atoms with Crippen LogP contribution in [0.3, 0.4) is 0 Å². The SMILES string of the molecule is O=C(C=Cc1cccc(Br)c1)OCn1nnc2ccccc2c1=O. The third kappa shape index (κ3) is 3.75. The van der Waals surface area contributed by atoms with Crippen molar-refractivity contribution in [3.05, 3.63) is 75.0 Å². The van der Waals surface area contributed by atoms with E-state index < -0.39 is 5.97 Å². The van der Waals surface area contributed by atoms with Gasteiger partial charge in [0.25, 0.3) is 5.56 Å². The Hall–Kier alpha value is -2.80. The molecule has 2 aromatic carbocycles. The van der Waals surface area contributed by atoms with Crippen molar-refractivity contribution in [2.75, 3.05) is 0 Å². The first-order valence-electron chi connectivity index (χ1n) is 7.06. The van der Waals surface area contributed by atoms with Gasteiger partial charge in [-0.2, -0.15) is 4.68 Å². The van der Waals surface area contributed by atoms with Gasteiger partial charge in [0, 0.05) is 10.5 Å². The Morgan fingerprint density at radius 2 is 2.04 bits per heavy atom. The van der Waals surface area contributed by atoms with Gasteiger partial charge < -0.3 is 4.74 Å². The maximum atomic E-state index is 12.2. The molecule has 3 aromatic rings. The Morgan fingerprint density at radius 1 is 1.21 bits per heavy atom. The number of nitrogens with zero attached hydrogens (tertiary/aromatic N) is 3. The van der Waals surface area contributed by atoms with E-state index in [4.69, 9.17) is 4.74 Å². The molecule has 0 aliphatic heterocycles. The molecule has 0 spiro atoms. The van der Waals surface area contributed by atoms with E-state index >= 15 is 0 Å². The molecule has 0 bridgehead atoms. The summed E-state index contributed by atoms with van der Waals surface area (Å²) in [5.74, 6) is -0.572. The molecule has 0 aliphatic rings. The van der Waals surface area contributed by atoms with Crippen molar-refractivity contribution in [3.8, 4) is 0 Å². The zero-order valence-electron chi connectivity index (χ0n) is 12.4. The highest BCUT2D eigenvalue weighted by Crippen LogP contribution is 2.12. The van der Waals surface area contributed by atoms with Crippen molar-refractivity contribution in [1.82, 2.24) is 15.0 Å². The molecule has 3 rings (SSSR count). The fraction of sp³-hybridized carbons (Fsp3) is 0.0588.